The predicted octanol–water partition coefficient (Wildman–Crippen LogP) is 3.66. The highest BCUT2D eigenvalue weighted by Crippen LogP contribution is 2.41. The first-order chi connectivity index (χ1) is 9.38. The Kier molecular flexibility index (Phi) is 3.80. The third-order valence-electron chi connectivity index (χ3n) is 4.54. The maximum absolute atomic E-state index is 11.9. The van der Waals surface area contributed by atoms with Gasteiger partial charge in [0.25, 0.3) is 11.8 Å². The molecule has 0 saturated heterocycles. The van der Waals surface area contributed by atoms with Crippen molar-refractivity contribution < 1.29 is 9.59 Å². The van der Waals surface area contributed by atoms with Gasteiger partial charge in [0.1, 0.15) is 0 Å². The second-order valence-electron chi connectivity index (χ2n) is 5.97. The molecule has 0 aromatic heterocycles. The molecule has 106 valence electrons. The molecule has 0 N–H and O–H groups in total. The Bertz CT molecular complexity index is 554. The topological polar surface area (TPSA) is 37.4 Å². The van der Waals surface area contributed by atoms with Crippen molar-refractivity contribution in [2.24, 2.45) is 5.41 Å². The van der Waals surface area contributed by atoms with Gasteiger partial charge in [0.15, 0.2) is 0 Å². The molecule has 0 saturated carbocycles. The van der Waals surface area contributed by atoms with E-state index in [1.165, 1.54) is 17.1 Å². The highest BCUT2D eigenvalue weighted by molar-refractivity contribution is 6.28. The maximum Gasteiger partial charge on any atom is 0.258 e. The van der Waals surface area contributed by atoms with E-state index in [0.717, 1.165) is 12.0 Å². The summed E-state index contributed by atoms with van der Waals surface area (Å²) in [5.74, 6) is -0.266. The van der Waals surface area contributed by atoms with Gasteiger partial charge in [-0.25, -0.2) is 4.90 Å². The monoisotopic (exact) mass is 271 g/mol. The van der Waals surface area contributed by atoms with E-state index in [0.29, 0.717) is 5.69 Å². The number of amides is 2. The normalized spacial score (nSPS) is 16.9. The Hall–Kier alpha value is -1.90. The van der Waals surface area contributed by atoms with Gasteiger partial charge in [0, 0.05) is 12.2 Å². The fraction of sp³-hybridized carbons (Fsp3) is 0.412. The molecule has 1 aromatic carbocycles. The van der Waals surface area contributed by atoms with E-state index in [2.05, 4.69) is 27.7 Å². The minimum atomic E-state index is -0.260. The largest absolute Gasteiger partial charge is 0.269 e. The van der Waals surface area contributed by atoms with Crippen LogP contribution in [-0.4, -0.2) is 11.8 Å². The first kappa shape index (κ1) is 14.5. The smallest absolute Gasteiger partial charge is 0.258 e. The van der Waals surface area contributed by atoms with Gasteiger partial charge in [-0.2, -0.15) is 0 Å². The molecule has 2 amide bonds. The Morgan fingerprint density at radius 1 is 1.10 bits per heavy atom. The Morgan fingerprint density at radius 2 is 1.65 bits per heavy atom. The summed E-state index contributed by atoms with van der Waals surface area (Å²) in [7, 11) is 0. The van der Waals surface area contributed by atoms with Crippen LogP contribution in [0.15, 0.2) is 36.4 Å². The lowest BCUT2D eigenvalue weighted by Crippen LogP contribution is -2.31. The van der Waals surface area contributed by atoms with Crippen LogP contribution >= 0.6 is 0 Å². The SMILES string of the molecule is CCC(C)(C)C(C)c1ccccc1N1C(=O)C=CC1=O. The van der Waals surface area contributed by atoms with Crippen molar-refractivity contribution >= 4 is 17.5 Å². The Labute approximate surface area is 120 Å². The van der Waals surface area contributed by atoms with Crippen molar-refractivity contribution in [2.75, 3.05) is 4.90 Å². The zero-order valence-electron chi connectivity index (χ0n) is 12.5. The van der Waals surface area contributed by atoms with Crippen LogP contribution in [0, 0.1) is 5.41 Å². The fourth-order valence-corrected chi connectivity index (χ4v) is 2.42. The van der Waals surface area contributed by atoms with Gasteiger partial charge in [-0.05, 0) is 23.0 Å². The molecule has 3 heteroatoms. The van der Waals surface area contributed by atoms with Crippen molar-refractivity contribution in [3.05, 3.63) is 42.0 Å². The molecule has 1 aliphatic rings. The van der Waals surface area contributed by atoms with Crippen LogP contribution in [0.4, 0.5) is 5.69 Å². The number of carbonyl (C=O) groups excluding carboxylic acids is 2. The second kappa shape index (κ2) is 5.23. The van der Waals surface area contributed by atoms with Gasteiger partial charge in [-0.3, -0.25) is 9.59 Å². The zero-order valence-corrected chi connectivity index (χ0v) is 12.5. The highest BCUT2D eigenvalue weighted by atomic mass is 16.2. The third kappa shape index (κ3) is 2.40. The van der Waals surface area contributed by atoms with Crippen molar-refractivity contribution in [1.82, 2.24) is 0 Å². The number of anilines is 1. The van der Waals surface area contributed by atoms with Crippen LogP contribution in [0.3, 0.4) is 0 Å². The molecule has 1 heterocycles. The molecule has 20 heavy (non-hydrogen) atoms. The molecule has 0 fully saturated rings. The minimum absolute atomic E-state index is 0.106. The van der Waals surface area contributed by atoms with E-state index in [4.69, 9.17) is 0 Å². The average molecular weight is 271 g/mol. The Balaban J connectivity index is 2.47. The number of imide groups is 1. The molecule has 0 radical (unpaired) electrons. The number of para-hydroxylation sites is 1. The number of hydrogen-bond donors (Lipinski definition) is 0. The summed E-state index contributed by atoms with van der Waals surface area (Å²) >= 11 is 0. The van der Waals surface area contributed by atoms with Crippen molar-refractivity contribution in [3.8, 4) is 0 Å². The van der Waals surface area contributed by atoms with Gasteiger partial charge in [0.05, 0.1) is 5.69 Å². The maximum atomic E-state index is 11.9. The quantitative estimate of drug-likeness (QED) is 0.784. The van der Waals surface area contributed by atoms with Gasteiger partial charge in [-0.15, -0.1) is 0 Å². The van der Waals surface area contributed by atoms with Gasteiger partial charge in [-0.1, -0.05) is 52.3 Å². The zero-order chi connectivity index (χ0) is 14.9. The molecule has 0 spiro atoms. The van der Waals surface area contributed by atoms with Crippen LogP contribution in [0.25, 0.3) is 0 Å². The van der Waals surface area contributed by atoms with Crippen molar-refractivity contribution in [2.45, 2.75) is 40.0 Å². The third-order valence-corrected chi connectivity index (χ3v) is 4.54. The van der Waals surface area contributed by atoms with E-state index in [1.54, 1.807) is 0 Å². The van der Waals surface area contributed by atoms with E-state index in [1.807, 2.05) is 24.3 Å². The number of hydrogen-bond acceptors (Lipinski definition) is 2. The lowest BCUT2D eigenvalue weighted by atomic mass is 9.74. The second-order valence-corrected chi connectivity index (χ2v) is 5.97. The van der Waals surface area contributed by atoms with Gasteiger partial charge in [0.2, 0.25) is 0 Å². The molecule has 0 aliphatic carbocycles. The minimum Gasteiger partial charge on any atom is -0.269 e. The van der Waals surface area contributed by atoms with E-state index < -0.39 is 0 Å². The molecular formula is C17H21NO2. The average Bonchev–Trinajstić information content (AvgIpc) is 2.77. The standard InChI is InChI=1S/C17H21NO2/c1-5-17(3,4)12(2)13-8-6-7-9-14(13)18-15(19)10-11-16(18)20/h6-12H,5H2,1-4H3. The molecule has 0 bridgehead atoms. The molecule has 1 aliphatic heterocycles. The van der Waals surface area contributed by atoms with Gasteiger partial charge < -0.3 is 0 Å². The van der Waals surface area contributed by atoms with Crippen molar-refractivity contribution in [1.29, 1.82) is 0 Å². The van der Waals surface area contributed by atoms with Crippen LogP contribution in [-0.2, 0) is 9.59 Å². The summed E-state index contributed by atoms with van der Waals surface area (Å²) < 4.78 is 0. The van der Waals surface area contributed by atoms with Crippen molar-refractivity contribution in [3.63, 3.8) is 0 Å². The molecule has 1 unspecified atom stereocenters. The molecule has 1 atom stereocenters. The van der Waals surface area contributed by atoms with E-state index in [9.17, 15) is 9.59 Å². The lowest BCUT2D eigenvalue weighted by Gasteiger charge is -2.33. The molecule has 2 rings (SSSR count). The molecular weight excluding hydrogens is 250 g/mol. The first-order valence-corrected chi connectivity index (χ1v) is 7.03. The Morgan fingerprint density at radius 3 is 2.20 bits per heavy atom. The van der Waals surface area contributed by atoms with Crippen LogP contribution in [0.1, 0.15) is 45.6 Å². The van der Waals surface area contributed by atoms with Crippen LogP contribution < -0.4 is 4.90 Å². The summed E-state index contributed by atoms with van der Waals surface area (Å²) in [6.45, 7) is 8.73. The number of benzene rings is 1. The lowest BCUT2D eigenvalue weighted by molar-refractivity contribution is -0.120. The molecule has 3 nitrogen and oxygen atoms in total. The van der Waals surface area contributed by atoms with Crippen LogP contribution in [0.2, 0.25) is 0 Å². The van der Waals surface area contributed by atoms with E-state index >= 15 is 0 Å². The predicted molar refractivity (Wildman–Crippen MR) is 80.6 cm³/mol. The fourth-order valence-electron chi connectivity index (χ4n) is 2.42. The number of carbonyl (C=O) groups is 2. The van der Waals surface area contributed by atoms with Gasteiger partial charge >= 0.3 is 0 Å². The summed E-state index contributed by atoms with van der Waals surface area (Å²) in [5.41, 5.74) is 1.86. The number of nitrogens with zero attached hydrogens (tertiary/aromatic N) is 1. The first-order valence-electron chi connectivity index (χ1n) is 7.03. The summed E-state index contributed by atoms with van der Waals surface area (Å²) in [5, 5.41) is 0. The summed E-state index contributed by atoms with van der Waals surface area (Å²) in [4.78, 5) is 25.1. The summed E-state index contributed by atoms with van der Waals surface area (Å²) in [6, 6.07) is 7.68. The highest BCUT2D eigenvalue weighted by Gasteiger charge is 2.32. The summed E-state index contributed by atoms with van der Waals surface area (Å²) in [6.07, 6.45) is 3.69. The van der Waals surface area contributed by atoms with E-state index in [-0.39, 0.29) is 23.1 Å². The van der Waals surface area contributed by atoms with Crippen LogP contribution in [0.5, 0.6) is 0 Å². The molecule has 1 aromatic rings. The number of rotatable bonds is 4.